The molecule has 116 valence electrons. The minimum absolute atomic E-state index is 0.00450. The van der Waals surface area contributed by atoms with Crippen molar-refractivity contribution in [2.45, 2.75) is 45.8 Å². The number of carbonyl (C=O) groups is 1. The number of nitrogens with one attached hydrogen (secondary N) is 2. The minimum atomic E-state index is -0.00450. The van der Waals surface area contributed by atoms with Crippen LogP contribution in [0.4, 0.5) is 0 Å². The number of piperidine rings is 1. The summed E-state index contributed by atoms with van der Waals surface area (Å²) in [5, 5.41) is 6.39. The second-order valence-electron chi connectivity index (χ2n) is 6.01. The van der Waals surface area contributed by atoms with Crippen LogP contribution in [0.2, 0.25) is 0 Å². The van der Waals surface area contributed by atoms with Crippen LogP contribution in [-0.4, -0.2) is 25.1 Å². The standard InChI is InChI=1S/C17H26N2O2/c1-12(2)21-16-8-4-6-14(10-16)13(3)19-17(20)15-7-5-9-18-11-15/h4,6,8,10,12-13,15,18H,5,7,9,11H2,1-3H3,(H,19,20). The quantitative estimate of drug-likeness (QED) is 0.876. The summed E-state index contributed by atoms with van der Waals surface area (Å²) in [6, 6.07) is 7.94. The zero-order valence-corrected chi connectivity index (χ0v) is 13.2. The minimum Gasteiger partial charge on any atom is -0.491 e. The van der Waals surface area contributed by atoms with Crippen molar-refractivity contribution in [1.29, 1.82) is 0 Å². The number of benzene rings is 1. The van der Waals surface area contributed by atoms with Gasteiger partial charge in [-0.2, -0.15) is 0 Å². The Bertz CT molecular complexity index is 468. The monoisotopic (exact) mass is 290 g/mol. The van der Waals surface area contributed by atoms with Crippen molar-refractivity contribution in [3.8, 4) is 5.75 Å². The molecule has 1 aromatic rings. The van der Waals surface area contributed by atoms with Crippen molar-refractivity contribution in [2.24, 2.45) is 5.92 Å². The second-order valence-corrected chi connectivity index (χ2v) is 6.01. The van der Waals surface area contributed by atoms with Gasteiger partial charge in [0.05, 0.1) is 18.1 Å². The molecule has 0 bridgehead atoms. The average Bonchev–Trinajstić information content (AvgIpc) is 2.47. The lowest BCUT2D eigenvalue weighted by molar-refractivity contribution is -0.126. The van der Waals surface area contributed by atoms with E-state index >= 15 is 0 Å². The first-order chi connectivity index (χ1) is 10.1. The third-order valence-corrected chi connectivity index (χ3v) is 3.76. The van der Waals surface area contributed by atoms with E-state index in [0.717, 1.165) is 37.2 Å². The van der Waals surface area contributed by atoms with Crippen molar-refractivity contribution in [1.82, 2.24) is 10.6 Å². The first-order valence-corrected chi connectivity index (χ1v) is 7.84. The van der Waals surface area contributed by atoms with Crippen LogP contribution >= 0.6 is 0 Å². The summed E-state index contributed by atoms with van der Waals surface area (Å²) in [7, 11) is 0. The van der Waals surface area contributed by atoms with Crippen molar-refractivity contribution in [2.75, 3.05) is 13.1 Å². The van der Waals surface area contributed by atoms with E-state index < -0.39 is 0 Å². The summed E-state index contributed by atoms with van der Waals surface area (Å²) in [6.45, 7) is 7.84. The van der Waals surface area contributed by atoms with Gasteiger partial charge in [-0.25, -0.2) is 0 Å². The van der Waals surface area contributed by atoms with E-state index in [9.17, 15) is 4.79 Å². The molecule has 2 N–H and O–H groups in total. The fraction of sp³-hybridized carbons (Fsp3) is 0.588. The van der Waals surface area contributed by atoms with Crippen molar-refractivity contribution < 1.29 is 9.53 Å². The van der Waals surface area contributed by atoms with E-state index in [-0.39, 0.29) is 24.0 Å². The maximum atomic E-state index is 12.3. The number of hydrogen-bond acceptors (Lipinski definition) is 3. The molecule has 1 amide bonds. The molecule has 4 heteroatoms. The fourth-order valence-corrected chi connectivity index (χ4v) is 2.62. The van der Waals surface area contributed by atoms with Crippen LogP contribution in [-0.2, 0) is 4.79 Å². The number of hydrogen-bond donors (Lipinski definition) is 2. The van der Waals surface area contributed by atoms with Gasteiger partial charge < -0.3 is 15.4 Å². The highest BCUT2D eigenvalue weighted by molar-refractivity contribution is 5.79. The van der Waals surface area contributed by atoms with Gasteiger partial charge in [0.15, 0.2) is 0 Å². The third-order valence-electron chi connectivity index (χ3n) is 3.76. The summed E-state index contributed by atoms with van der Waals surface area (Å²) in [6.07, 6.45) is 2.20. The maximum Gasteiger partial charge on any atom is 0.224 e. The molecule has 1 saturated heterocycles. The zero-order valence-electron chi connectivity index (χ0n) is 13.2. The van der Waals surface area contributed by atoms with E-state index in [1.54, 1.807) is 0 Å². The van der Waals surface area contributed by atoms with Crippen LogP contribution < -0.4 is 15.4 Å². The van der Waals surface area contributed by atoms with E-state index in [2.05, 4.69) is 10.6 Å². The molecule has 1 aromatic carbocycles. The van der Waals surface area contributed by atoms with E-state index in [4.69, 9.17) is 4.74 Å². The van der Waals surface area contributed by atoms with Gasteiger partial charge >= 0.3 is 0 Å². The topological polar surface area (TPSA) is 50.4 Å². The van der Waals surface area contributed by atoms with Crippen molar-refractivity contribution in [3.05, 3.63) is 29.8 Å². The molecule has 2 rings (SSSR count). The van der Waals surface area contributed by atoms with E-state index in [1.807, 2.05) is 45.0 Å². The lowest BCUT2D eigenvalue weighted by Gasteiger charge is -2.24. The molecule has 1 fully saturated rings. The number of amides is 1. The van der Waals surface area contributed by atoms with Crippen LogP contribution in [0.3, 0.4) is 0 Å². The lowest BCUT2D eigenvalue weighted by Crippen LogP contribution is -2.41. The molecule has 4 nitrogen and oxygen atoms in total. The Hall–Kier alpha value is -1.55. The van der Waals surface area contributed by atoms with Gasteiger partial charge in [0, 0.05) is 6.54 Å². The van der Waals surface area contributed by atoms with Gasteiger partial charge in [-0.05, 0) is 57.9 Å². The smallest absolute Gasteiger partial charge is 0.224 e. The third kappa shape index (κ3) is 4.74. The van der Waals surface area contributed by atoms with Crippen molar-refractivity contribution >= 4 is 5.91 Å². The SMILES string of the molecule is CC(C)Oc1cccc(C(C)NC(=O)C2CCCNC2)c1. The zero-order chi connectivity index (χ0) is 15.2. The molecule has 1 aliphatic rings. The summed E-state index contributed by atoms with van der Waals surface area (Å²) < 4.78 is 5.70. The molecule has 0 saturated carbocycles. The van der Waals surface area contributed by atoms with Crippen molar-refractivity contribution in [3.63, 3.8) is 0 Å². The van der Waals surface area contributed by atoms with Gasteiger partial charge in [0.25, 0.3) is 0 Å². The summed E-state index contributed by atoms with van der Waals surface area (Å²) in [5.74, 6) is 1.09. The molecule has 0 aliphatic carbocycles. The number of rotatable bonds is 5. The second kappa shape index (κ2) is 7.46. The van der Waals surface area contributed by atoms with Gasteiger partial charge in [0.1, 0.15) is 5.75 Å². The Morgan fingerprint density at radius 1 is 1.38 bits per heavy atom. The molecule has 2 atom stereocenters. The maximum absolute atomic E-state index is 12.3. The van der Waals surface area contributed by atoms with Crippen LogP contribution in [0.1, 0.15) is 45.2 Å². The first kappa shape index (κ1) is 15.8. The molecule has 0 spiro atoms. The van der Waals surface area contributed by atoms with E-state index in [1.165, 1.54) is 0 Å². The van der Waals surface area contributed by atoms with Crippen LogP contribution in [0.25, 0.3) is 0 Å². The molecular formula is C17H26N2O2. The summed E-state index contributed by atoms with van der Waals surface area (Å²) in [4.78, 5) is 12.3. The Kier molecular flexibility index (Phi) is 5.62. The predicted molar refractivity (Wildman–Crippen MR) is 84.4 cm³/mol. The summed E-state index contributed by atoms with van der Waals surface area (Å²) >= 11 is 0. The Morgan fingerprint density at radius 2 is 2.19 bits per heavy atom. The number of carbonyl (C=O) groups excluding carboxylic acids is 1. The largest absolute Gasteiger partial charge is 0.491 e. The Morgan fingerprint density at radius 3 is 2.86 bits per heavy atom. The van der Waals surface area contributed by atoms with Gasteiger partial charge in [0.2, 0.25) is 5.91 Å². The molecular weight excluding hydrogens is 264 g/mol. The van der Waals surface area contributed by atoms with Gasteiger partial charge in [-0.15, -0.1) is 0 Å². The van der Waals surface area contributed by atoms with Crippen LogP contribution in [0.5, 0.6) is 5.75 Å². The highest BCUT2D eigenvalue weighted by Gasteiger charge is 2.22. The van der Waals surface area contributed by atoms with E-state index in [0.29, 0.717) is 0 Å². The lowest BCUT2D eigenvalue weighted by atomic mass is 9.98. The van der Waals surface area contributed by atoms with Crippen LogP contribution in [0.15, 0.2) is 24.3 Å². The Labute approximate surface area is 127 Å². The highest BCUT2D eigenvalue weighted by Crippen LogP contribution is 2.21. The highest BCUT2D eigenvalue weighted by atomic mass is 16.5. The van der Waals surface area contributed by atoms with Gasteiger partial charge in [-0.3, -0.25) is 4.79 Å². The van der Waals surface area contributed by atoms with Crippen LogP contribution in [0, 0.1) is 5.92 Å². The predicted octanol–water partition coefficient (Wildman–Crippen LogP) is 2.65. The first-order valence-electron chi connectivity index (χ1n) is 7.84. The van der Waals surface area contributed by atoms with Gasteiger partial charge in [-0.1, -0.05) is 12.1 Å². The molecule has 2 unspecified atom stereocenters. The fourth-order valence-electron chi connectivity index (χ4n) is 2.62. The number of ether oxygens (including phenoxy) is 1. The normalized spacial score (nSPS) is 20.1. The summed E-state index contributed by atoms with van der Waals surface area (Å²) in [5.41, 5.74) is 1.07. The average molecular weight is 290 g/mol. The molecule has 21 heavy (non-hydrogen) atoms. The molecule has 0 radical (unpaired) electrons. The molecule has 1 aliphatic heterocycles. The molecule has 0 aromatic heterocycles. The Balaban J connectivity index is 1.95. The molecule has 1 heterocycles.